The van der Waals surface area contributed by atoms with Gasteiger partial charge in [-0.05, 0) is 33.6 Å². The van der Waals surface area contributed by atoms with Crippen LogP contribution in [-0.4, -0.2) is 27.6 Å². The van der Waals surface area contributed by atoms with Gasteiger partial charge in [0.1, 0.15) is 16.1 Å². The maximum absolute atomic E-state index is 12.5. The standard InChI is InChI=1S/C19H17BrN4O2/c20-16-10-22-18(21)17(24-16)13-6-8-14(9-7-13)19(26)23-15(11-25)12-4-2-1-3-5-12/h1-10,15,25H,11H2,(H2,21,22)(H,23,26)/t15-/m1/s1. The summed E-state index contributed by atoms with van der Waals surface area (Å²) >= 11 is 3.27. The van der Waals surface area contributed by atoms with Crippen molar-refractivity contribution in [3.8, 4) is 11.3 Å². The van der Waals surface area contributed by atoms with Gasteiger partial charge in [0.15, 0.2) is 0 Å². The molecule has 2 aromatic carbocycles. The Bertz CT molecular complexity index is 901. The Morgan fingerprint density at radius 2 is 1.85 bits per heavy atom. The van der Waals surface area contributed by atoms with Crippen LogP contribution in [0.25, 0.3) is 11.3 Å². The summed E-state index contributed by atoms with van der Waals surface area (Å²) in [5.74, 6) is 0.0441. The van der Waals surface area contributed by atoms with Gasteiger partial charge in [-0.2, -0.15) is 0 Å². The van der Waals surface area contributed by atoms with Crippen molar-refractivity contribution >= 4 is 27.7 Å². The van der Waals surface area contributed by atoms with Gasteiger partial charge in [-0.3, -0.25) is 4.79 Å². The molecule has 4 N–H and O–H groups in total. The Morgan fingerprint density at radius 3 is 2.50 bits per heavy atom. The first-order chi connectivity index (χ1) is 12.6. The normalized spacial score (nSPS) is 11.8. The van der Waals surface area contributed by atoms with Gasteiger partial charge in [0, 0.05) is 11.1 Å². The van der Waals surface area contributed by atoms with Crippen LogP contribution in [0.15, 0.2) is 65.4 Å². The van der Waals surface area contributed by atoms with Crippen LogP contribution in [0.3, 0.4) is 0 Å². The van der Waals surface area contributed by atoms with E-state index in [1.807, 2.05) is 30.3 Å². The van der Waals surface area contributed by atoms with Crippen molar-refractivity contribution in [2.75, 3.05) is 12.3 Å². The van der Waals surface area contributed by atoms with E-state index in [9.17, 15) is 9.90 Å². The van der Waals surface area contributed by atoms with Crippen LogP contribution < -0.4 is 11.1 Å². The Morgan fingerprint density at radius 1 is 1.15 bits per heavy atom. The molecule has 0 aliphatic rings. The first-order valence-corrected chi connectivity index (χ1v) is 8.73. The van der Waals surface area contributed by atoms with Crippen LogP contribution in [0, 0.1) is 0 Å². The van der Waals surface area contributed by atoms with Crippen molar-refractivity contribution in [3.05, 3.63) is 76.5 Å². The van der Waals surface area contributed by atoms with E-state index in [0.717, 1.165) is 11.1 Å². The van der Waals surface area contributed by atoms with Gasteiger partial charge in [-0.15, -0.1) is 0 Å². The SMILES string of the molecule is Nc1ncc(Br)nc1-c1ccc(C(=O)N[C@H](CO)c2ccccc2)cc1. The van der Waals surface area contributed by atoms with E-state index in [0.29, 0.717) is 21.7 Å². The second kappa shape index (κ2) is 8.07. The molecule has 0 bridgehead atoms. The third kappa shape index (κ3) is 4.07. The van der Waals surface area contributed by atoms with E-state index in [1.165, 1.54) is 6.20 Å². The maximum Gasteiger partial charge on any atom is 0.251 e. The van der Waals surface area contributed by atoms with Crippen LogP contribution in [0.2, 0.25) is 0 Å². The molecule has 132 valence electrons. The van der Waals surface area contributed by atoms with Crippen LogP contribution in [0.5, 0.6) is 0 Å². The Balaban J connectivity index is 1.77. The first kappa shape index (κ1) is 18.0. The van der Waals surface area contributed by atoms with Crippen LogP contribution in [0.4, 0.5) is 5.82 Å². The molecule has 1 heterocycles. The predicted octanol–water partition coefficient (Wildman–Crippen LogP) is 2.95. The summed E-state index contributed by atoms with van der Waals surface area (Å²) in [6.07, 6.45) is 1.53. The fraction of sp³-hybridized carbons (Fsp3) is 0.105. The second-order valence-corrected chi connectivity index (χ2v) is 6.44. The zero-order valence-corrected chi connectivity index (χ0v) is 15.3. The van der Waals surface area contributed by atoms with Gasteiger partial charge in [0.05, 0.1) is 18.8 Å². The summed E-state index contributed by atoms with van der Waals surface area (Å²) in [6, 6.07) is 15.8. The van der Waals surface area contributed by atoms with Crippen molar-refractivity contribution < 1.29 is 9.90 Å². The van der Waals surface area contributed by atoms with E-state index >= 15 is 0 Å². The average molecular weight is 413 g/mol. The third-order valence-electron chi connectivity index (χ3n) is 3.88. The molecular weight excluding hydrogens is 396 g/mol. The molecule has 3 aromatic rings. The number of anilines is 1. The number of halogens is 1. The minimum absolute atomic E-state index is 0.183. The number of aliphatic hydroxyl groups is 1. The van der Waals surface area contributed by atoms with E-state index in [4.69, 9.17) is 5.73 Å². The van der Waals surface area contributed by atoms with Crippen LogP contribution in [-0.2, 0) is 0 Å². The lowest BCUT2D eigenvalue weighted by atomic mass is 10.1. The molecule has 1 aromatic heterocycles. The van der Waals surface area contributed by atoms with Crippen LogP contribution in [0.1, 0.15) is 22.0 Å². The average Bonchev–Trinajstić information content (AvgIpc) is 2.68. The van der Waals surface area contributed by atoms with Gasteiger partial charge in [0.2, 0.25) is 0 Å². The van der Waals surface area contributed by atoms with Crippen molar-refractivity contribution in [1.82, 2.24) is 15.3 Å². The highest BCUT2D eigenvalue weighted by atomic mass is 79.9. The fourth-order valence-electron chi connectivity index (χ4n) is 2.53. The number of amides is 1. The number of rotatable bonds is 5. The highest BCUT2D eigenvalue weighted by Gasteiger charge is 2.15. The summed E-state index contributed by atoms with van der Waals surface area (Å²) in [5, 5.41) is 12.4. The summed E-state index contributed by atoms with van der Waals surface area (Å²) < 4.78 is 0.581. The van der Waals surface area contributed by atoms with Gasteiger partial charge in [0.25, 0.3) is 5.91 Å². The minimum atomic E-state index is -0.463. The lowest BCUT2D eigenvalue weighted by Gasteiger charge is -2.17. The third-order valence-corrected chi connectivity index (χ3v) is 4.26. The molecule has 6 nitrogen and oxygen atoms in total. The number of nitrogens with two attached hydrogens (primary N) is 1. The molecule has 1 amide bonds. The van der Waals surface area contributed by atoms with Crippen molar-refractivity contribution in [2.24, 2.45) is 0 Å². The number of hydrogen-bond acceptors (Lipinski definition) is 5. The lowest BCUT2D eigenvalue weighted by molar-refractivity contribution is 0.0916. The molecule has 3 rings (SSSR count). The number of aliphatic hydroxyl groups excluding tert-OH is 1. The number of nitrogen functional groups attached to an aromatic ring is 1. The molecule has 0 fully saturated rings. The number of hydrogen-bond donors (Lipinski definition) is 3. The zero-order valence-electron chi connectivity index (χ0n) is 13.8. The topological polar surface area (TPSA) is 101 Å². The molecule has 26 heavy (non-hydrogen) atoms. The molecule has 7 heteroatoms. The molecule has 0 radical (unpaired) electrons. The fourth-order valence-corrected chi connectivity index (χ4v) is 2.81. The minimum Gasteiger partial charge on any atom is -0.394 e. The zero-order chi connectivity index (χ0) is 18.5. The highest BCUT2D eigenvalue weighted by Crippen LogP contribution is 2.24. The highest BCUT2D eigenvalue weighted by molar-refractivity contribution is 9.10. The molecule has 0 aliphatic carbocycles. The monoisotopic (exact) mass is 412 g/mol. The smallest absolute Gasteiger partial charge is 0.251 e. The van der Waals surface area contributed by atoms with E-state index in [2.05, 4.69) is 31.2 Å². The summed E-state index contributed by atoms with van der Waals surface area (Å²) in [4.78, 5) is 20.8. The van der Waals surface area contributed by atoms with Gasteiger partial charge in [-0.25, -0.2) is 9.97 Å². The van der Waals surface area contributed by atoms with Crippen molar-refractivity contribution in [3.63, 3.8) is 0 Å². The van der Waals surface area contributed by atoms with Crippen molar-refractivity contribution in [2.45, 2.75) is 6.04 Å². The molecular formula is C19H17BrN4O2. The maximum atomic E-state index is 12.5. The van der Waals surface area contributed by atoms with E-state index < -0.39 is 6.04 Å². The van der Waals surface area contributed by atoms with Crippen LogP contribution >= 0.6 is 15.9 Å². The molecule has 1 atom stereocenters. The summed E-state index contributed by atoms with van der Waals surface area (Å²) in [5.41, 5.74) is 8.49. The molecule has 0 spiro atoms. The number of nitrogens with one attached hydrogen (secondary N) is 1. The number of benzene rings is 2. The number of carbonyl (C=O) groups excluding carboxylic acids is 1. The molecule has 0 aliphatic heterocycles. The number of aromatic nitrogens is 2. The van der Waals surface area contributed by atoms with Gasteiger partial charge < -0.3 is 16.2 Å². The summed E-state index contributed by atoms with van der Waals surface area (Å²) in [6.45, 7) is -0.183. The van der Waals surface area contributed by atoms with Gasteiger partial charge >= 0.3 is 0 Å². The molecule has 0 saturated heterocycles. The quantitative estimate of drug-likeness (QED) is 0.597. The largest absolute Gasteiger partial charge is 0.394 e. The Kier molecular flexibility index (Phi) is 5.60. The first-order valence-electron chi connectivity index (χ1n) is 7.93. The molecule has 0 unspecified atom stereocenters. The predicted molar refractivity (Wildman–Crippen MR) is 103 cm³/mol. The summed E-state index contributed by atoms with van der Waals surface area (Å²) in [7, 11) is 0. The Labute approximate surface area is 159 Å². The van der Waals surface area contributed by atoms with Gasteiger partial charge in [-0.1, -0.05) is 42.5 Å². The second-order valence-electron chi connectivity index (χ2n) is 5.62. The van der Waals surface area contributed by atoms with E-state index in [-0.39, 0.29) is 12.5 Å². The lowest BCUT2D eigenvalue weighted by Crippen LogP contribution is -2.30. The Hall–Kier alpha value is -2.77. The number of carbonyl (C=O) groups is 1. The number of nitrogens with zero attached hydrogens (tertiary/aromatic N) is 2. The van der Waals surface area contributed by atoms with E-state index in [1.54, 1.807) is 24.3 Å². The van der Waals surface area contributed by atoms with Crippen molar-refractivity contribution in [1.29, 1.82) is 0 Å². The molecule has 0 saturated carbocycles.